The van der Waals surface area contributed by atoms with Crippen molar-refractivity contribution in [1.29, 1.82) is 0 Å². The fourth-order valence-electron chi connectivity index (χ4n) is 1.77. The van der Waals surface area contributed by atoms with Gasteiger partial charge in [0.1, 0.15) is 0 Å². The molecule has 0 aliphatic heterocycles. The summed E-state index contributed by atoms with van der Waals surface area (Å²) in [6.07, 6.45) is 6.88. The first kappa shape index (κ1) is 13.0. The highest BCUT2D eigenvalue weighted by Crippen LogP contribution is 2.21. The summed E-state index contributed by atoms with van der Waals surface area (Å²) < 4.78 is 0. The minimum atomic E-state index is -0.158. The predicted molar refractivity (Wildman–Crippen MR) is 79.1 cm³/mol. The smallest absolute Gasteiger partial charge is 0.248 e. The summed E-state index contributed by atoms with van der Waals surface area (Å²) in [5, 5.41) is 3.86. The molecule has 0 saturated carbocycles. The summed E-state index contributed by atoms with van der Waals surface area (Å²) in [7, 11) is 0. The first-order valence-corrected chi connectivity index (χ1v) is 6.17. The molecule has 2 aromatic rings. The van der Waals surface area contributed by atoms with Crippen LogP contribution in [0, 0.1) is 6.92 Å². The van der Waals surface area contributed by atoms with E-state index in [2.05, 4.69) is 10.3 Å². The Morgan fingerprint density at radius 3 is 2.84 bits per heavy atom. The molecule has 1 aromatic heterocycles. The van der Waals surface area contributed by atoms with Gasteiger partial charge in [0.05, 0.1) is 11.2 Å². The monoisotopic (exact) mass is 252 g/mol. The van der Waals surface area contributed by atoms with Gasteiger partial charge in [-0.1, -0.05) is 36.4 Å². The Balaban J connectivity index is 2.30. The number of benzene rings is 1. The van der Waals surface area contributed by atoms with E-state index in [-0.39, 0.29) is 5.91 Å². The molecule has 0 unspecified atom stereocenters. The standard InChI is InChI=1S/C16H16N2O/c1-3-4-5-9-15(19)18-14-8-6-7-13-11-10-12(2)17-16(13)14/h3-11H,1-2H3,(H,18,19). The van der Waals surface area contributed by atoms with Crippen LogP contribution < -0.4 is 5.32 Å². The Labute approximate surface area is 112 Å². The molecule has 0 fully saturated rings. The molecule has 0 radical (unpaired) electrons. The zero-order chi connectivity index (χ0) is 13.7. The maximum Gasteiger partial charge on any atom is 0.248 e. The quantitative estimate of drug-likeness (QED) is 0.669. The second-order valence-electron chi connectivity index (χ2n) is 4.20. The third kappa shape index (κ3) is 3.28. The van der Waals surface area contributed by atoms with E-state index in [4.69, 9.17) is 0 Å². The Morgan fingerprint density at radius 1 is 1.21 bits per heavy atom. The van der Waals surface area contributed by atoms with E-state index in [1.165, 1.54) is 6.08 Å². The molecule has 0 spiro atoms. The van der Waals surface area contributed by atoms with Gasteiger partial charge >= 0.3 is 0 Å². The normalized spacial score (nSPS) is 11.5. The molecule has 1 amide bonds. The van der Waals surface area contributed by atoms with Crippen LogP contribution in [0.4, 0.5) is 5.69 Å². The Morgan fingerprint density at radius 2 is 2.05 bits per heavy atom. The van der Waals surface area contributed by atoms with Crippen LogP contribution in [0.2, 0.25) is 0 Å². The fraction of sp³-hybridized carbons (Fsp3) is 0.125. The molecule has 1 heterocycles. The summed E-state index contributed by atoms with van der Waals surface area (Å²) in [5.41, 5.74) is 2.48. The van der Waals surface area contributed by atoms with E-state index in [0.29, 0.717) is 0 Å². The van der Waals surface area contributed by atoms with Gasteiger partial charge in [0, 0.05) is 17.2 Å². The van der Waals surface area contributed by atoms with Crippen LogP contribution in [0.1, 0.15) is 12.6 Å². The van der Waals surface area contributed by atoms with E-state index < -0.39 is 0 Å². The highest BCUT2D eigenvalue weighted by molar-refractivity contribution is 6.05. The summed E-state index contributed by atoms with van der Waals surface area (Å²) >= 11 is 0. The number of nitrogens with one attached hydrogen (secondary N) is 1. The fourth-order valence-corrected chi connectivity index (χ4v) is 1.77. The van der Waals surface area contributed by atoms with Crippen LogP contribution in [0.3, 0.4) is 0 Å². The topological polar surface area (TPSA) is 42.0 Å². The Kier molecular flexibility index (Phi) is 4.08. The minimum absolute atomic E-state index is 0.158. The van der Waals surface area contributed by atoms with Gasteiger partial charge in [-0.25, -0.2) is 0 Å². The van der Waals surface area contributed by atoms with Crippen molar-refractivity contribution >= 4 is 22.5 Å². The average Bonchev–Trinajstić information content (AvgIpc) is 2.40. The van der Waals surface area contributed by atoms with E-state index in [1.807, 2.05) is 56.3 Å². The number of nitrogens with zero attached hydrogens (tertiary/aromatic N) is 1. The highest BCUT2D eigenvalue weighted by Gasteiger charge is 2.04. The van der Waals surface area contributed by atoms with Crippen molar-refractivity contribution in [3.63, 3.8) is 0 Å². The lowest BCUT2D eigenvalue weighted by molar-refractivity contribution is -0.111. The average molecular weight is 252 g/mol. The van der Waals surface area contributed by atoms with Crippen molar-refractivity contribution in [1.82, 2.24) is 4.98 Å². The molecule has 0 aliphatic rings. The molecule has 19 heavy (non-hydrogen) atoms. The maximum absolute atomic E-state index is 11.8. The summed E-state index contributed by atoms with van der Waals surface area (Å²) in [4.78, 5) is 16.2. The summed E-state index contributed by atoms with van der Waals surface area (Å²) in [6.45, 7) is 3.84. The van der Waals surface area contributed by atoms with E-state index in [1.54, 1.807) is 6.08 Å². The van der Waals surface area contributed by atoms with Gasteiger partial charge in [-0.15, -0.1) is 0 Å². The second kappa shape index (κ2) is 5.96. The number of aromatic nitrogens is 1. The van der Waals surface area contributed by atoms with Crippen LogP contribution >= 0.6 is 0 Å². The van der Waals surface area contributed by atoms with Gasteiger partial charge < -0.3 is 5.32 Å². The van der Waals surface area contributed by atoms with Crippen LogP contribution in [0.5, 0.6) is 0 Å². The third-order valence-corrected chi connectivity index (χ3v) is 2.67. The first-order chi connectivity index (χ1) is 9.20. The molecule has 96 valence electrons. The molecule has 1 N–H and O–H groups in total. The molecular formula is C16H16N2O. The number of rotatable bonds is 3. The Hall–Kier alpha value is -2.42. The van der Waals surface area contributed by atoms with E-state index >= 15 is 0 Å². The van der Waals surface area contributed by atoms with Gasteiger partial charge in [0.15, 0.2) is 0 Å². The summed E-state index contributed by atoms with van der Waals surface area (Å²) in [5.74, 6) is -0.158. The van der Waals surface area contributed by atoms with Gasteiger partial charge in [-0.2, -0.15) is 0 Å². The number of hydrogen-bond acceptors (Lipinski definition) is 2. The number of allylic oxidation sites excluding steroid dienone is 3. The van der Waals surface area contributed by atoms with Crippen molar-refractivity contribution in [2.45, 2.75) is 13.8 Å². The highest BCUT2D eigenvalue weighted by atomic mass is 16.1. The van der Waals surface area contributed by atoms with Crippen LogP contribution in [0.15, 0.2) is 54.6 Å². The maximum atomic E-state index is 11.8. The minimum Gasteiger partial charge on any atom is -0.321 e. The zero-order valence-electron chi connectivity index (χ0n) is 11.1. The van der Waals surface area contributed by atoms with Crippen molar-refractivity contribution in [2.75, 3.05) is 5.32 Å². The van der Waals surface area contributed by atoms with Gasteiger partial charge in [-0.3, -0.25) is 9.78 Å². The largest absolute Gasteiger partial charge is 0.321 e. The number of hydrogen-bond donors (Lipinski definition) is 1. The van der Waals surface area contributed by atoms with E-state index in [0.717, 1.165) is 22.3 Å². The number of pyridine rings is 1. The number of amides is 1. The molecule has 0 saturated heterocycles. The predicted octanol–water partition coefficient (Wildman–Crippen LogP) is 3.61. The van der Waals surface area contributed by atoms with Crippen molar-refractivity contribution in [3.8, 4) is 0 Å². The van der Waals surface area contributed by atoms with Crippen molar-refractivity contribution in [2.24, 2.45) is 0 Å². The molecule has 0 aliphatic carbocycles. The molecule has 3 heteroatoms. The van der Waals surface area contributed by atoms with Crippen LogP contribution in [-0.4, -0.2) is 10.9 Å². The van der Waals surface area contributed by atoms with E-state index in [9.17, 15) is 4.79 Å². The third-order valence-electron chi connectivity index (χ3n) is 2.67. The van der Waals surface area contributed by atoms with Crippen LogP contribution in [0.25, 0.3) is 10.9 Å². The van der Waals surface area contributed by atoms with Crippen LogP contribution in [-0.2, 0) is 4.79 Å². The van der Waals surface area contributed by atoms with Gasteiger partial charge in [-0.05, 0) is 26.0 Å². The first-order valence-electron chi connectivity index (χ1n) is 6.17. The Bertz CT molecular complexity index is 657. The number of carbonyl (C=O) groups excluding carboxylic acids is 1. The lowest BCUT2D eigenvalue weighted by atomic mass is 10.1. The molecular weight excluding hydrogens is 236 g/mol. The molecule has 0 bridgehead atoms. The van der Waals surface area contributed by atoms with Gasteiger partial charge in [0.2, 0.25) is 5.91 Å². The SMILES string of the molecule is CC=CC=CC(=O)Nc1cccc2ccc(C)nc12. The second-order valence-corrected chi connectivity index (χ2v) is 4.20. The number of aryl methyl sites for hydroxylation is 1. The number of carbonyl (C=O) groups is 1. The van der Waals surface area contributed by atoms with Crippen molar-refractivity contribution < 1.29 is 4.79 Å². The molecule has 0 atom stereocenters. The number of anilines is 1. The number of fused-ring (bicyclic) bond motifs is 1. The molecule has 1 aromatic carbocycles. The zero-order valence-corrected chi connectivity index (χ0v) is 11.1. The number of para-hydroxylation sites is 1. The molecule has 3 nitrogen and oxygen atoms in total. The lowest BCUT2D eigenvalue weighted by Gasteiger charge is -2.06. The molecule has 2 rings (SSSR count). The lowest BCUT2D eigenvalue weighted by Crippen LogP contribution is -2.08. The summed E-state index contributed by atoms with van der Waals surface area (Å²) in [6, 6.07) is 9.71. The van der Waals surface area contributed by atoms with Crippen molar-refractivity contribution in [3.05, 3.63) is 60.3 Å². The van der Waals surface area contributed by atoms with Gasteiger partial charge in [0.25, 0.3) is 0 Å².